The van der Waals surface area contributed by atoms with Gasteiger partial charge in [-0.2, -0.15) is 0 Å². The average Bonchev–Trinajstić information content (AvgIpc) is 2.61. The summed E-state index contributed by atoms with van der Waals surface area (Å²) < 4.78 is 14.7. The van der Waals surface area contributed by atoms with E-state index in [0.29, 0.717) is 12.2 Å². The van der Waals surface area contributed by atoms with E-state index in [1.54, 1.807) is 30.3 Å². The van der Waals surface area contributed by atoms with Crippen LogP contribution in [0.2, 0.25) is 0 Å². The number of carbonyl (C=O) groups is 2. The van der Waals surface area contributed by atoms with Crippen LogP contribution in [0.1, 0.15) is 29.0 Å². The molecular weight excluding hydrogens is 324 g/mol. The molecule has 1 aliphatic heterocycles. The summed E-state index contributed by atoms with van der Waals surface area (Å²) in [6, 6.07) is 12.4. The molecule has 6 nitrogen and oxygen atoms in total. The number of carbonyl (C=O) groups excluding carboxylic acids is 2. The molecule has 0 aliphatic carbocycles. The second-order valence-electron chi connectivity index (χ2n) is 5.75. The summed E-state index contributed by atoms with van der Waals surface area (Å²) >= 11 is 0. The average molecular weight is 342 g/mol. The molecule has 0 radical (unpaired) electrons. The largest absolute Gasteiger partial charge is 0.508 e. The zero-order chi connectivity index (χ0) is 17.8. The van der Waals surface area contributed by atoms with Crippen molar-refractivity contribution >= 4 is 12.1 Å². The van der Waals surface area contributed by atoms with Crippen LogP contribution >= 0.6 is 0 Å². The van der Waals surface area contributed by atoms with Crippen molar-refractivity contribution in [3.05, 3.63) is 59.2 Å². The minimum atomic E-state index is -0.714. The monoisotopic (exact) mass is 342 g/mol. The van der Waals surface area contributed by atoms with Crippen LogP contribution in [0.5, 0.6) is 11.5 Å². The normalized spacial score (nSPS) is 15.9. The smallest absolute Gasteiger partial charge is 0.507 e. The SMILES string of the molecule is COC(=O)OCCc1ccc2c(c1)C(c1ccc(O)cc1)CC(=O)O2. The summed E-state index contributed by atoms with van der Waals surface area (Å²) in [4.78, 5) is 22.9. The van der Waals surface area contributed by atoms with Gasteiger partial charge in [0.1, 0.15) is 11.5 Å². The Morgan fingerprint density at radius 3 is 2.72 bits per heavy atom. The number of phenolic OH excluding ortho intramolecular Hbond substituents is 1. The van der Waals surface area contributed by atoms with Crippen molar-refractivity contribution in [2.24, 2.45) is 0 Å². The minimum Gasteiger partial charge on any atom is -0.508 e. The number of rotatable bonds is 4. The van der Waals surface area contributed by atoms with Crippen LogP contribution in [0.4, 0.5) is 4.79 Å². The first-order chi connectivity index (χ1) is 12.1. The summed E-state index contributed by atoms with van der Waals surface area (Å²) in [6.45, 7) is 0.203. The van der Waals surface area contributed by atoms with Gasteiger partial charge in [-0.05, 0) is 29.3 Å². The maximum Gasteiger partial charge on any atom is 0.507 e. The van der Waals surface area contributed by atoms with E-state index in [9.17, 15) is 14.7 Å². The third-order valence-electron chi connectivity index (χ3n) is 4.12. The maximum absolute atomic E-state index is 11.9. The number of benzene rings is 2. The van der Waals surface area contributed by atoms with Crippen LogP contribution in [0.25, 0.3) is 0 Å². The Morgan fingerprint density at radius 2 is 2.00 bits per heavy atom. The van der Waals surface area contributed by atoms with Gasteiger partial charge in [0, 0.05) is 17.9 Å². The van der Waals surface area contributed by atoms with Crippen molar-refractivity contribution in [1.82, 2.24) is 0 Å². The van der Waals surface area contributed by atoms with Crippen LogP contribution in [-0.4, -0.2) is 30.9 Å². The zero-order valence-corrected chi connectivity index (χ0v) is 13.7. The predicted molar refractivity (Wildman–Crippen MR) is 88.7 cm³/mol. The number of phenols is 1. The van der Waals surface area contributed by atoms with Gasteiger partial charge in [0.2, 0.25) is 0 Å². The van der Waals surface area contributed by atoms with E-state index in [4.69, 9.17) is 9.47 Å². The third kappa shape index (κ3) is 3.91. The Balaban J connectivity index is 1.84. The number of ether oxygens (including phenoxy) is 3. The molecule has 0 saturated carbocycles. The number of hydrogen-bond donors (Lipinski definition) is 1. The van der Waals surface area contributed by atoms with E-state index in [1.165, 1.54) is 7.11 Å². The van der Waals surface area contributed by atoms with Gasteiger partial charge in [-0.1, -0.05) is 24.3 Å². The lowest BCUT2D eigenvalue weighted by atomic mass is 9.85. The fraction of sp³-hybridized carbons (Fsp3) is 0.263. The van der Waals surface area contributed by atoms with E-state index in [-0.39, 0.29) is 30.7 Å². The van der Waals surface area contributed by atoms with Crippen LogP contribution < -0.4 is 4.74 Å². The third-order valence-corrected chi connectivity index (χ3v) is 4.12. The number of hydrogen-bond acceptors (Lipinski definition) is 6. The molecule has 0 saturated heterocycles. The Kier molecular flexibility index (Phi) is 4.88. The van der Waals surface area contributed by atoms with Crippen molar-refractivity contribution in [3.63, 3.8) is 0 Å². The number of esters is 1. The van der Waals surface area contributed by atoms with Gasteiger partial charge in [-0.25, -0.2) is 4.79 Å². The molecule has 0 amide bonds. The van der Waals surface area contributed by atoms with Crippen molar-refractivity contribution in [3.8, 4) is 11.5 Å². The highest BCUT2D eigenvalue weighted by molar-refractivity contribution is 5.77. The summed E-state index contributed by atoms with van der Waals surface area (Å²) in [6.07, 6.45) is 0.0484. The second-order valence-corrected chi connectivity index (χ2v) is 5.75. The van der Waals surface area contributed by atoms with Crippen LogP contribution in [0, 0.1) is 0 Å². The fourth-order valence-electron chi connectivity index (χ4n) is 2.87. The summed E-state index contributed by atoms with van der Waals surface area (Å²) in [5.41, 5.74) is 2.80. The molecule has 6 heteroatoms. The van der Waals surface area contributed by atoms with Gasteiger partial charge < -0.3 is 19.3 Å². The van der Waals surface area contributed by atoms with E-state index in [0.717, 1.165) is 16.7 Å². The lowest BCUT2D eigenvalue weighted by Crippen LogP contribution is -2.21. The Bertz CT molecular complexity index is 781. The topological polar surface area (TPSA) is 82.1 Å². The molecule has 130 valence electrons. The standard InChI is InChI=1S/C19H18O6/c1-23-19(22)24-9-8-12-2-7-17-16(10-12)15(11-18(21)25-17)13-3-5-14(20)6-4-13/h2-7,10,15,20H,8-9,11H2,1H3. The minimum absolute atomic E-state index is 0.140. The van der Waals surface area contributed by atoms with Crippen LogP contribution in [-0.2, 0) is 20.7 Å². The quantitative estimate of drug-likeness (QED) is 0.679. The molecule has 2 aromatic rings. The van der Waals surface area contributed by atoms with Crippen LogP contribution in [0.15, 0.2) is 42.5 Å². The molecule has 2 aromatic carbocycles. The number of methoxy groups -OCH3 is 1. The lowest BCUT2D eigenvalue weighted by Gasteiger charge is -2.25. The number of fused-ring (bicyclic) bond motifs is 1. The summed E-state index contributed by atoms with van der Waals surface area (Å²) in [7, 11) is 1.26. The molecule has 1 N–H and O–H groups in total. The fourth-order valence-corrected chi connectivity index (χ4v) is 2.87. The van der Waals surface area contributed by atoms with Gasteiger partial charge in [-0.15, -0.1) is 0 Å². The first-order valence-corrected chi connectivity index (χ1v) is 7.90. The molecule has 0 spiro atoms. The maximum atomic E-state index is 11.9. The molecule has 1 aliphatic rings. The first-order valence-electron chi connectivity index (χ1n) is 7.90. The summed E-state index contributed by atoms with van der Waals surface area (Å²) in [5, 5.41) is 9.47. The molecule has 1 heterocycles. The molecule has 0 fully saturated rings. The van der Waals surface area contributed by atoms with Crippen molar-refractivity contribution in [2.75, 3.05) is 13.7 Å². The number of aromatic hydroxyl groups is 1. The molecule has 1 unspecified atom stereocenters. The molecular formula is C19H18O6. The van der Waals surface area contributed by atoms with Crippen molar-refractivity contribution in [2.45, 2.75) is 18.8 Å². The molecule has 25 heavy (non-hydrogen) atoms. The Morgan fingerprint density at radius 1 is 1.24 bits per heavy atom. The first kappa shape index (κ1) is 16.8. The van der Waals surface area contributed by atoms with Crippen molar-refractivity contribution in [1.29, 1.82) is 0 Å². The van der Waals surface area contributed by atoms with Gasteiger partial charge in [-0.3, -0.25) is 4.79 Å². The van der Waals surface area contributed by atoms with Gasteiger partial charge >= 0.3 is 12.1 Å². The molecule has 0 bridgehead atoms. The van der Waals surface area contributed by atoms with Gasteiger partial charge in [0.05, 0.1) is 20.1 Å². The molecule has 0 aromatic heterocycles. The Labute approximate surface area is 144 Å². The molecule has 3 rings (SSSR count). The highest BCUT2D eigenvalue weighted by Crippen LogP contribution is 2.39. The lowest BCUT2D eigenvalue weighted by molar-refractivity contribution is -0.135. The molecule has 1 atom stereocenters. The predicted octanol–water partition coefficient (Wildman–Crippen LogP) is 3.16. The van der Waals surface area contributed by atoms with E-state index in [2.05, 4.69) is 4.74 Å². The second kappa shape index (κ2) is 7.25. The zero-order valence-electron chi connectivity index (χ0n) is 13.7. The van der Waals surface area contributed by atoms with Crippen LogP contribution in [0.3, 0.4) is 0 Å². The van der Waals surface area contributed by atoms with E-state index in [1.807, 2.05) is 12.1 Å². The Hall–Kier alpha value is -3.02. The van der Waals surface area contributed by atoms with E-state index < -0.39 is 6.16 Å². The summed E-state index contributed by atoms with van der Waals surface area (Å²) in [5.74, 6) is 0.286. The van der Waals surface area contributed by atoms with E-state index >= 15 is 0 Å². The van der Waals surface area contributed by atoms with Gasteiger partial charge in [0.25, 0.3) is 0 Å². The highest BCUT2D eigenvalue weighted by Gasteiger charge is 2.28. The van der Waals surface area contributed by atoms with Gasteiger partial charge in [0.15, 0.2) is 0 Å². The highest BCUT2D eigenvalue weighted by atomic mass is 16.7. The van der Waals surface area contributed by atoms with Crippen molar-refractivity contribution < 1.29 is 28.9 Å².